The number of hydrogen-bond acceptors (Lipinski definition) is 2. The molecule has 0 atom stereocenters. The van der Waals surface area contributed by atoms with E-state index in [0.717, 1.165) is 12.0 Å². The minimum absolute atomic E-state index is 0.0500. The first kappa shape index (κ1) is 13.7. The molecule has 2 N–H and O–H groups in total. The Balaban J connectivity index is 2.85. The highest BCUT2D eigenvalue weighted by molar-refractivity contribution is 5.96. The van der Waals surface area contributed by atoms with Crippen molar-refractivity contribution in [2.75, 3.05) is 6.61 Å². The van der Waals surface area contributed by atoms with Crippen LogP contribution in [-0.2, 0) is 6.42 Å². The first-order valence-corrected chi connectivity index (χ1v) is 5.95. The molecule has 0 aliphatic rings. The van der Waals surface area contributed by atoms with E-state index in [4.69, 9.17) is 5.11 Å². The summed E-state index contributed by atoms with van der Waals surface area (Å²) in [5, 5.41) is 11.8. The van der Waals surface area contributed by atoms with Crippen LogP contribution in [0.15, 0.2) is 24.3 Å². The van der Waals surface area contributed by atoms with Crippen molar-refractivity contribution in [2.24, 2.45) is 0 Å². The van der Waals surface area contributed by atoms with Gasteiger partial charge in [0.05, 0.1) is 0 Å². The first-order chi connectivity index (χ1) is 7.94. The van der Waals surface area contributed by atoms with Crippen molar-refractivity contribution >= 4 is 5.91 Å². The molecule has 0 fully saturated rings. The minimum atomic E-state index is -0.235. The Bertz CT molecular complexity index is 380. The number of carbonyl (C=O) groups is 1. The molecule has 3 heteroatoms. The van der Waals surface area contributed by atoms with Gasteiger partial charge in [0.1, 0.15) is 0 Å². The summed E-state index contributed by atoms with van der Waals surface area (Å²) in [6.45, 7) is 6.03. The average Bonchev–Trinajstić information content (AvgIpc) is 2.24. The molecule has 0 radical (unpaired) electrons. The Labute approximate surface area is 103 Å². The Kier molecular flexibility index (Phi) is 4.70. The van der Waals surface area contributed by atoms with Gasteiger partial charge in [0, 0.05) is 17.7 Å². The van der Waals surface area contributed by atoms with Gasteiger partial charge in [-0.1, -0.05) is 18.2 Å². The second-order valence-corrected chi connectivity index (χ2v) is 5.19. The third kappa shape index (κ3) is 4.57. The normalized spacial score (nSPS) is 11.3. The monoisotopic (exact) mass is 235 g/mol. The summed E-state index contributed by atoms with van der Waals surface area (Å²) < 4.78 is 0. The molecule has 0 unspecified atom stereocenters. The number of rotatable bonds is 4. The fraction of sp³-hybridized carbons (Fsp3) is 0.500. The molecule has 1 aromatic carbocycles. The fourth-order valence-electron chi connectivity index (χ4n) is 1.64. The van der Waals surface area contributed by atoms with Crippen molar-refractivity contribution in [3.05, 3.63) is 35.4 Å². The molecular formula is C14H21NO2. The zero-order valence-corrected chi connectivity index (χ0v) is 10.8. The van der Waals surface area contributed by atoms with E-state index < -0.39 is 0 Å². The highest BCUT2D eigenvalue weighted by Gasteiger charge is 2.17. The molecular weight excluding hydrogens is 214 g/mol. The summed E-state index contributed by atoms with van der Waals surface area (Å²) in [5.41, 5.74) is 1.46. The molecule has 1 aromatic rings. The van der Waals surface area contributed by atoms with E-state index >= 15 is 0 Å². The number of amides is 1. The van der Waals surface area contributed by atoms with Crippen LogP contribution in [0.4, 0.5) is 0 Å². The molecule has 0 saturated carbocycles. The number of carbonyl (C=O) groups excluding carboxylic acids is 1. The van der Waals surface area contributed by atoms with E-state index in [1.807, 2.05) is 45.0 Å². The largest absolute Gasteiger partial charge is 0.396 e. The zero-order chi connectivity index (χ0) is 12.9. The van der Waals surface area contributed by atoms with Crippen LogP contribution in [0, 0.1) is 0 Å². The lowest BCUT2D eigenvalue weighted by Crippen LogP contribution is -2.40. The van der Waals surface area contributed by atoms with Crippen molar-refractivity contribution in [1.82, 2.24) is 5.32 Å². The Morgan fingerprint density at radius 1 is 1.29 bits per heavy atom. The number of benzene rings is 1. The predicted molar refractivity (Wildman–Crippen MR) is 69.1 cm³/mol. The van der Waals surface area contributed by atoms with Gasteiger partial charge in [-0.15, -0.1) is 0 Å². The second kappa shape index (κ2) is 5.82. The molecule has 94 valence electrons. The third-order valence-corrected chi connectivity index (χ3v) is 2.35. The Hall–Kier alpha value is -1.35. The summed E-state index contributed by atoms with van der Waals surface area (Å²) in [6.07, 6.45) is 1.41. The highest BCUT2D eigenvalue weighted by atomic mass is 16.2. The molecule has 1 rings (SSSR count). The molecule has 0 aliphatic carbocycles. The summed E-state index contributed by atoms with van der Waals surface area (Å²) in [7, 11) is 0. The summed E-state index contributed by atoms with van der Waals surface area (Å²) in [5.74, 6) is -0.0500. The number of aliphatic hydroxyl groups excluding tert-OH is 1. The van der Waals surface area contributed by atoms with Crippen LogP contribution in [0.1, 0.15) is 43.1 Å². The number of aliphatic hydroxyl groups is 1. The predicted octanol–water partition coefficient (Wildman–Crippen LogP) is 2.14. The van der Waals surface area contributed by atoms with Crippen LogP contribution >= 0.6 is 0 Å². The van der Waals surface area contributed by atoms with Crippen molar-refractivity contribution < 1.29 is 9.90 Å². The van der Waals surface area contributed by atoms with Crippen molar-refractivity contribution in [2.45, 2.75) is 39.2 Å². The lowest BCUT2D eigenvalue weighted by molar-refractivity contribution is 0.0918. The molecule has 17 heavy (non-hydrogen) atoms. The van der Waals surface area contributed by atoms with Crippen LogP contribution in [0.5, 0.6) is 0 Å². The van der Waals surface area contributed by atoms with E-state index in [2.05, 4.69) is 5.32 Å². The van der Waals surface area contributed by atoms with Crippen LogP contribution in [0.3, 0.4) is 0 Å². The van der Waals surface area contributed by atoms with Gasteiger partial charge in [0.2, 0.25) is 0 Å². The van der Waals surface area contributed by atoms with Gasteiger partial charge in [-0.05, 0) is 45.2 Å². The lowest BCUT2D eigenvalue weighted by atomic mass is 10.0. The smallest absolute Gasteiger partial charge is 0.251 e. The number of nitrogens with one attached hydrogen (secondary N) is 1. The quantitative estimate of drug-likeness (QED) is 0.840. The minimum Gasteiger partial charge on any atom is -0.396 e. The molecule has 0 bridgehead atoms. The van der Waals surface area contributed by atoms with Crippen molar-refractivity contribution in [3.63, 3.8) is 0 Å². The number of hydrogen-bond donors (Lipinski definition) is 2. The van der Waals surface area contributed by atoms with E-state index in [0.29, 0.717) is 12.0 Å². The standard InChI is InChI=1S/C14H21NO2/c1-14(2,3)15-13(17)12-9-5-4-7-11(12)8-6-10-16/h4-5,7,9,16H,6,8,10H2,1-3H3,(H,15,17). The average molecular weight is 235 g/mol. The van der Waals surface area contributed by atoms with Crippen LogP contribution in [0.25, 0.3) is 0 Å². The summed E-state index contributed by atoms with van der Waals surface area (Å²) >= 11 is 0. The van der Waals surface area contributed by atoms with E-state index in [1.54, 1.807) is 0 Å². The summed E-state index contributed by atoms with van der Waals surface area (Å²) in [4.78, 5) is 12.1. The second-order valence-electron chi connectivity index (χ2n) is 5.19. The van der Waals surface area contributed by atoms with Gasteiger partial charge >= 0.3 is 0 Å². The fourth-order valence-corrected chi connectivity index (χ4v) is 1.64. The molecule has 3 nitrogen and oxygen atoms in total. The van der Waals surface area contributed by atoms with Crippen LogP contribution in [0.2, 0.25) is 0 Å². The van der Waals surface area contributed by atoms with E-state index in [9.17, 15) is 4.79 Å². The Morgan fingerprint density at radius 3 is 2.53 bits per heavy atom. The van der Waals surface area contributed by atoms with Gasteiger partial charge < -0.3 is 10.4 Å². The van der Waals surface area contributed by atoms with Gasteiger partial charge in [0.25, 0.3) is 5.91 Å². The van der Waals surface area contributed by atoms with E-state index in [-0.39, 0.29) is 18.1 Å². The van der Waals surface area contributed by atoms with Gasteiger partial charge in [-0.2, -0.15) is 0 Å². The number of aryl methyl sites for hydroxylation is 1. The van der Waals surface area contributed by atoms with Gasteiger partial charge in [-0.25, -0.2) is 0 Å². The Morgan fingerprint density at radius 2 is 1.94 bits per heavy atom. The van der Waals surface area contributed by atoms with Crippen LogP contribution in [-0.4, -0.2) is 23.2 Å². The maximum absolute atomic E-state index is 12.1. The van der Waals surface area contributed by atoms with Gasteiger partial charge in [-0.3, -0.25) is 4.79 Å². The van der Waals surface area contributed by atoms with Crippen molar-refractivity contribution in [3.8, 4) is 0 Å². The first-order valence-electron chi connectivity index (χ1n) is 5.95. The molecule has 0 spiro atoms. The molecule has 0 saturated heterocycles. The third-order valence-electron chi connectivity index (χ3n) is 2.35. The molecule has 0 heterocycles. The maximum Gasteiger partial charge on any atom is 0.251 e. The van der Waals surface area contributed by atoms with Gasteiger partial charge in [0.15, 0.2) is 0 Å². The highest BCUT2D eigenvalue weighted by Crippen LogP contribution is 2.12. The van der Waals surface area contributed by atoms with Crippen LogP contribution < -0.4 is 5.32 Å². The molecule has 0 aliphatic heterocycles. The van der Waals surface area contributed by atoms with E-state index in [1.165, 1.54) is 0 Å². The molecule has 1 amide bonds. The summed E-state index contributed by atoms with van der Waals surface area (Å²) in [6, 6.07) is 7.54. The van der Waals surface area contributed by atoms with Crippen molar-refractivity contribution in [1.29, 1.82) is 0 Å². The lowest BCUT2D eigenvalue weighted by Gasteiger charge is -2.21. The SMILES string of the molecule is CC(C)(C)NC(=O)c1ccccc1CCCO. The maximum atomic E-state index is 12.1. The molecule has 0 aromatic heterocycles. The topological polar surface area (TPSA) is 49.3 Å². The zero-order valence-electron chi connectivity index (χ0n) is 10.8.